The van der Waals surface area contributed by atoms with Crippen LogP contribution in [0.4, 0.5) is 0 Å². The molecule has 2 bridgehead atoms. The molecular formula is C20H25NO3. The summed E-state index contributed by atoms with van der Waals surface area (Å²) >= 11 is 0. The number of amides is 1. The van der Waals surface area contributed by atoms with E-state index in [-0.39, 0.29) is 11.9 Å². The quantitative estimate of drug-likeness (QED) is 0.910. The zero-order chi connectivity index (χ0) is 16.8. The minimum Gasteiger partial charge on any atom is -0.497 e. The minimum atomic E-state index is -0.0991. The van der Waals surface area contributed by atoms with Crippen molar-refractivity contribution in [1.82, 2.24) is 5.32 Å². The number of benzene rings is 1. The molecule has 1 amide bonds. The number of carbonyl (C=O) groups is 1. The molecule has 0 radical (unpaired) electrons. The van der Waals surface area contributed by atoms with Gasteiger partial charge in [0.05, 0.1) is 7.11 Å². The van der Waals surface area contributed by atoms with Gasteiger partial charge >= 0.3 is 0 Å². The summed E-state index contributed by atoms with van der Waals surface area (Å²) in [6.07, 6.45) is 5.34. The number of furan rings is 1. The maximum atomic E-state index is 12.7. The Morgan fingerprint density at radius 1 is 1.33 bits per heavy atom. The predicted molar refractivity (Wildman–Crippen MR) is 93.4 cm³/mol. The van der Waals surface area contributed by atoms with Crippen molar-refractivity contribution in [3.05, 3.63) is 29.5 Å². The lowest BCUT2D eigenvalue weighted by Crippen LogP contribution is -2.40. The summed E-state index contributed by atoms with van der Waals surface area (Å²) in [5.74, 6) is 3.41. The molecule has 2 aliphatic rings. The van der Waals surface area contributed by atoms with Crippen molar-refractivity contribution in [3.63, 3.8) is 0 Å². The molecule has 0 saturated heterocycles. The second kappa shape index (κ2) is 5.83. The normalized spacial score (nSPS) is 26.7. The van der Waals surface area contributed by atoms with Crippen LogP contribution in [0.3, 0.4) is 0 Å². The highest BCUT2D eigenvalue weighted by Gasteiger charge is 2.42. The van der Waals surface area contributed by atoms with E-state index in [9.17, 15) is 4.79 Å². The summed E-state index contributed by atoms with van der Waals surface area (Å²) < 4.78 is 11.1. The minimum absolute atomic E-state index is 0.0991. The highest BCUT2D eigenvalue weighted by molar-refractivity contribution is 5.99. The molecule has 0 spiro atoms. The Balaban J connectivity index is 1.54. The van der Waals surface area contributed by atoms with E-state index in [2.05, 4.69) is 12.2 Å². The van der Waals surface area contributed by atoms with Gasteiger partial charge < -0.3 is 14.5 Å². The maximum absolute atomic E-state index is 12.7. The number of nitrogens with one attached hydrogen (secondary N) is 1. The van der Waals surface area contributed by atoms with Gasteiger partial charge in [-0.25, -0.2) is 0 Å². The molecule has 2 aliphatic carbocycles. The molecule has 4 heteroatoms. The third-order valence-corrected chi connectivity index (χ3v) is 6.14. The number of carbonyl (C=O) groups excluding carboxylic acids is 1. The van der Waals surface area contributed by atoms with Crippen LogP contribution in [0.5, 0.6) is 5.75 Å². The van der Waals surface area contributed by atoms with E-state index in [1.165, 1.54) is 25.7 Å². The molecule has 4 nitrogen and oxygen atoms in total. The van der Waals surface area contributed by atoms with Gasteiger partial charge in [0.15, 0.2) is 5.76 Å². The molecular weight excluding hydrogens is 302 g/mol. The maximum Gasteiger partial charge on any atom is 0.287 e. The summed E-state index contributed by atoms with van der Waals surface area (Å²) in [4.78, 5) is 12.7. The summed E-state index contributed by atoms with van der Waals surface area (Å²) in [5, 5.41) is 4.13. The Hall–Kier alpha value is -1.97. The van der Waals surface area contributed by atoms with Crippen LogP contribution in [0.1, 0.15) is 48.7 Å². The molecule has 24 heavy (non-hydrogen) atoms. The fourth-order valence-electron chi connectivity index (χ4n) is 4.83. The second-order valence-corrected chi connectivity index (χ2v) is 7.52. The number of aryl methyl sites for hydroxylation is 1. The van der Waals surface area contributed by atoms with E-state index in [1.807, 2.05) is 25.1 Å². The summed E-state index contributed by atoms with van der Waals surface area (Å²) in [5.41, 5.74) is 1.60. The van der Waals surface area contributed by atoms with Crippen LogP contribution in [-0.2, 0) is 0 Å². The third kappa shape index (κ3) is 2.48. The lowest BCUT2D eigenvalue weighted by molar-refractivity contribution is 0.0888. The van der Waals surface area contributed by atoms with E-state index in [0.717, 1.165) is 34.1 Å². The van der Waals surface area contributed by atoms with E-state index in [4.69, 9.17) is 9.15 Å². The first-order valence-electron chi connectivity index (χ1n) is 8.94. The predicted octanol–water partition coefficient (Wildman–Crippen LogP) is 4.30. The Labute approximate surface area is 142 Å². The summed E-state index contributed by atoms with van der Waals surface area (Å²) in [6.45, 7) is 4.08. The first-order valence-corrected chi connectivity index (χ1v) is 8.94. The van der Waals surface area contributed by atoms with Crippen molar-refractivity contribution in [2.24, 2.45) is 17.8 Å². The number of fused-ring (bicyclic) bond motifs is 3. The Morgan fingerprint density at radius 2 is 2.17 bits per heavy atom. The van der Waals surface area contributed by atoms with Gasteiger partial charge in [0.1, 0.15) is 11.3 Å². The van der Waals surface area contributed by atoms with Gasteiger partial charge in [-0.15, -0.1) is 0 Å². The fraction of sp³-hybridized carbons (Fsp3) is 0.550. The van der Waals surface area contributed by atoms with E-state index in [0.29, 0.717) is 11.7 Å². The smallest absolute Gasteiger partial charge is 0.287 e. The number of rotatable bonds is 4. The van der Waals surface area contributed by atoms with Gasteiger partial charge in [0.2, 0.25) is 0 Å². The Kier molecular flexibility index (Phi) is 3.78. The summed E-state index contributed by atoms with van der Waals surface area (Å²) in [7, 11) is 1.64. The highest BCUT2D eigenvalue weighted by atomic mass is 16.5. The molecule has 4 unspecified atom stereocenters. The molecule has 2 saturated carbocycles. The number of ether oxygens (including phenoxy) is 1. The number of hydrogen-bond acceptors (Lipinski definition) is 3. The lowest BCUT2D eigenvalue weighted by Gasteiger charge is -2.28. The van der Waals surface area contributed by atoms with Crippen molar-refractivity contribution < 1.29 is 13.9 Å². The molecule has 0 aliphatic heterocycles. The first kappa shape index (κ1) is 15.6. The van der Waals surface area contributed by atoms with Gasteiger partial charge in [0.25, 0.3) is 5.91 Å². The van der Waals surface area contributed by atoms with Crippen molar-refractivity contribution in [2.75, 3.05) is 7.11 Å². The van der Waals surface area contributed by atoms with Gasteiger partial charge in [-0.3, -0.25) is 4.79 Å². The highest BCUT2D eigenvalue weighted by Crippen LogP contribution is 2.49. The van der Waals surface area contributed by atoms with Gasteiger partial charge in [-0.1, -0.05) is 6.42 Å². The zero-order valence-corrected chi connectivity index (χ0v) is 14.6. The summed E-state index contributed by atoms with van der Waals surface area (Å²) in [6, 6.07) is 5.84. The van der Waals surface area contributed by atoms with Crippen molar-refractivity contribution in [2.45, 2.75) is 45.6 Å². The topological polar surface area (TPSA) is 51.5 Å². The average molecular weight is 327 g/mol. The molecule has 2 aromatic rings. The number of methoxy groups -OCH3 is 1. The van der Waals surface area contributed by atoms with Gasteiger partial charge in [-0.2, -0.15) is 0 Å². The molecule has 4 rings (SSSR count). The van der Waals surface area contributed by atoms with Crippen LogP contribution in [0.25, 0.3) is 11.0 Å². The Bertz CT molecular complexity index is 779. The molecule has 1 aromatic carbocycles. The lowest BCUT2D eigenvalue weighted by atomic mass is 9.84. The van der Waals surface area contributed by atoms with Gasteiger partial charge in [0, 0.05) is 17.0 Å². The van der Waals surface area contributed by atoms with Crippen LogP contribution in [-0.4, -0.2) is 19.1 Å². The Morgan fingerprint density at radius 3 is 2.83 bits per heavy atom. The van der Waals surface area contributed by atoms with Crippen LogP contribution < -0.4 is 10.1 Å². The van der Waals surface area contributed by atoms with Crippen LogP contribution >= 0.6 is 0 Å². The van der Waals surface area contributed by atoms with E-state index >= 15 is 0 Å². The van der Waals surface area contributed by atoms with E-state index < -0.39 is 0 Å². The molecule has 128 valence electrons. The van der Waals surface area contributed by atoms with Crippen LogP contribution in [0, 0.1) is 24.7 Å². The SMILES string of the molecule is COc1ccc2oc(C(=O)NC(C)C3CC4CCC3C4)c(C)c2c1. The first-order chi connectivity index (χ1) is 11.6. The van der Waals surface area contributed by atoms with Crippen LogP contribution in [0.15, 0.2) is 22.6 Å². The second-order valence-electron chi connectivity index (χ2n) is 7.52. The molecule has 2 fully saturated rings. The fourth-order valence-corrected chi connectivity index (χ4v) is 4.83. The third-order valence-electron chi connectivity index (χ3n) is 6.14. The molecule has 1 N–H and O–H groups in total. The molecule has 1 heterocycles. The molecule has 4 atom stereocenters. The van der Waals surface area contributed by atoms with Crippen molar-refractivity contribution >= 4 is 16.9 Å². The van der Waals surface area contributed by atoms with Crippen molar-refractivity contribution in [1.29, 1.82) is 0 Å². The zero-order valence-electron chi connectivity index (χ0n) is 14.6. The van der Waals surface area contributed by atoms with Crippen molar-refractivity contribution in [3.8, 4) is 5.75 Å². The van der Waals surface area contributed by atoms with E-state index in [1.54, 1.807) is 7.11 Å². The number of hydrogen-bond donors (Lipinski definition) is 1. The van der Waals surface area contributed by atoms with Gasteiger partial charge in [-0.05, 0) is 69.1 Å². The monoisotopic (exact) mass is 327 g/mol. The van der Waals surface area contributed by atoms with Crippen LogP contribution in [0.2, 0.25) is 0 Å². The molecule has 1 aromatic heterocycles. The standard InChI is InChI=1S/C20H25NO3/c1-11-16-10-15(23-3)6-7-18(16)24-19(11)20(22)21-12(2)17-9-13-4-5-14(17)8-13/h6-7,10,12-14,17H,4-5,8-9H2,1-3H3,(H,21,22). The average Bonchev–Trinajstić information content (AvgIpc) is 3.29. The largest absolute Gasteiger partial charge is 0.497 e.